The first-order valence-electron chi connectivity index (χ1n) is 8.05. The molecule has 1 fully saturated rings. The molecular weight excluding hydrogens is 270 g/mol. The van der Waals surface area contributed by atoms with E-state index in [1.165, 1.54) is 55.6 Å². The van der Waals surface area contributed by atoms with E-state index in [0.29, 0.717) is 6.04 Å². The molecule has 1 aromatic rings. The number of aryl methyl sites for hydroxylation is 1. The van der Waals surface area contributed by atoms with Gasteiger partial charge in [0.05, 0.1) is 0 Å². The van der Waals surface area contributed by atoms with Crippen LogP contribution in [0.1, 0.15) is 56.2 Å². The van der Waals surface area contributed by atoms with E-state index in [-0.39, 0.29) is 0 Å². The number of alkyl halides is 1. The molecule has 0 amide bonds. The Kier molecular flexibility index (Phi) is 4.77. The molecule has 0 saturated heterocycles. The van der Waals surface area contributed by atoms with Gasteiger partial charge in [-0.25, -0.2) is 9.97 Å². The number of anilines is 1. The standard InChI is InChI=1S/C16H24ClN3/c17-10-5-11-20(13-6-4-7-13)16-14-8-2-1-3-9-15(14)18-12-19-16/h12-13H,1-11H2. The summed E-state index contributed by atoms with van der Waals surface area (Å²) < 4.78 is 0. The molecule has 1 heterocycles. The Morgan fingerprint density at radius 1 is 1.10 bits per heavy atom. The van der Waals surface area contributed by atoms with Crippen molar-refractivity contribution >= 4 is 17.4 Å². The molecule has 1 saturated carbocycles. The molecule has 2 aliphatic rings. The summed E-state index contributed by atoms with van der Waals surface area (Å²) in [6.45, 7) is 1.04. The van der Waals surface area contributed by atoms with E-state index in [9.17, 15) is 0 Å². The van der Waals surface area contributed by atoms with Gasteiger partial charge in [0.1, 0.15) is 12.1 Å². The fraction of sp³-hybridized carbons (Fsp3) is 0.750. The van der Waals surface area contributed by atoms with Gasteiger partial charge < -0.3 is 4.90 Å². The van der Waals surface area contributed by atoms with E-state index < -0.39 is 0 Å². The van der Waals surface area contributed by atoms with Crippen LogP contribution < -0.4 is 4.90 Å². The van der Waals surface area contributed by atoms with Crippen LogP contribution in [-0.4, -0.2) is 28.4 Å². The summed E-state index contributed by atoms with van der Waals surface area (Å²) in [4.78, 5) is 11.7. The molecule has 110 valence electrons. The van der Waals surface area contributed by atoms with Gasteiger partial charge in [-0.1, -0.05) is 6.42 Å². The molecular formula is C16H24ClN3. The van der Waals surface area contributed by atoms with Crippen molar-refractivity contribution in [1.29, 1.82) is 0 Å². The minimum absolute atomic E-state index is 0.681. The first-order chi connectivity index (χ1) is 9.90. The Morgan fingerprint density at radius 2 is 1.95 bits per heavy atom. The van der Waals surface area contributed by atoms with Crippen LogP contribution in [0, 0.1) is 0 Å². The van der Waals surface area contributed by atoms with E-state index in [4.69, 9.17) is 11.6 Å². The maximum Gasteiger partial charge on any atom is 0.135 e. The Hall–Kier alpha value is -0.830. The van der Waals surface area contributed by atoms with E-state index >= 15 is 0 Å². The Bertz CT molecular complexity index is 445. The van der Waals surface area contributed by atoms with Gasteiger partial charge >= 0.3 is 0 Å². The van der Waals surface area contributed by atoms with Crippen molar-refractivity contribution in [3.63, 3.8) is 0 Å². The summed E-state index contributed by atoms with van der Waals surface area (Å²) in [6.07, 6.45) is 12.9. The lowest BCUT2D eigenvalue weighted by molar-refractivity contribution is 0.383. The number of halogens is 1. The van der Waals surface area contributed by atoms with Gasteiger partial charge in [0, 0.05) is 29.7 Å². The molecule has 0 spiro atoms. The summed E-state index contributed by atoms with van der Waals surface area (Å²) in [5.41, 5.74) is 2.72. The monoisotopic (exact) mass is 293 g/mol. The van der Waals surface area contributed by atoms with Crippen molar-refractivity contribution in [2.24, 2.45) is 0 Å². The molecule has 0 aliphatic heterocycles. The molecule has 0 radical (unpaired) electrons. The van der Waals surface area contributed by atoms with Crippen LogP contribution in [0.2, 0.25) is 0 Å². The maximum absolute atomic E-state index is 5.91. The third-order valence-electron chi connectivity index (χ3n) is 4.67. The van der Waals surface area contributed by atoms with Crippen LogP contribution in [0.25, 0.3) is 0 Å². The number of nitrogens with zero attached hydrogens (tertiary/aromatic N) is 3. The third kappa shape index (κ3) is 2.93. The zero-order valence-corrected chi connectivity index (χ0v) is 12.9. The highest BCUT2D eigenvalue weighted by Gasteiger charge is 2.28. The molecule has 3 rings (SSSR count). The van der Waals surface area contributed by atoms with Gasteiger partial charge in [0.25, 0.3) is 0 Å². The van der Waals surface area contributed by atoms with Crippen molar-refractivity contribution in [2.75, 3.05) is 17.3 Å². The summed E-state index contributed by atoms with van der Waals surface area (Å²) >= 11 is 5.91. The van der Waals surface area contributed by atoms with E-state index in [2.05, 4.69) is 14.9 Å². The molecule has 0 bridgehead atoms. The minimum Gasteiger partial charge on any atom is -0.353 e. The second-order valence-electron chi connectivity index (χ2n) is 6.00. The van der Waals surface area contributed by atoms with Gasteiger partial charge in [-0.05, 0) is 51.4 Å². The normalized spacial score (nSPS) is 19.1. The summed E-state index contributed by atoms with van der Waals surface area (Å²) in [5, 5.41) is 0. The predicted molar refractivity (Wildman–Crippen MR) is 83.6 cm³/mol. The highest BCUT2D eigenvalue weighted by Crippen LogP contribution is 2.33. The summed E-state index contributed by atoms with van der Waals surface area (Å²) in [7, 11) is 0. The lowest BCUT2D eigenvalue weighted by Gasteiger charge is -2.39. The van der Waals surface area contributed by atoms with Crippen LogP contribution >= 0.6 is 11.6 Å². The van der Waals surface area contributed by atoms with Crippen LogP contribution in [-0.2, 0) is 12.8 Å². The first kappa shape index (κ1) is 14.1. The number of rotatable bonds is 5. The molecule has 0 atom stereocenters. The summed E-state index contributed by atoms with van der Waals surface area (Å²) in [6, 6.07) is 0.681. The SMILES string of the molecule is ClCCCN(c1ncnc2c1CCCCC2)C1CCC1. The number of hydrogen-bond acceptors (Lipinski definition) is 3. The second-order valence-corrected chi connectivity index (χ2v) is 6.38. The molecule has 1 aromatic heterocycles. The van der Waals surface area contributed by atoms with E-state index in [0.717, 1.165) is 31.7 Å². The zero-order chi connectivity index (χ0) is 13.8. The second kappa shape index (κ2) is 6.75. The highest BCUT2D eigenvalue weighted by atomic mass is 35.5. The van der Waals surface area contributed by atoms with Crippen molar-refractivity contribution in [1.82, 2.24) is 9.97 Å². The molecule has 3 nitrogen and oxygen atoms in total. The van der Waals surface area contributed by atoms with Crippen molar-refractivity contribution in [3.05, 3.63) is 17.6 Å². The number of fused-ring (bicyclic) bond motifs is 1. The lowest BCUT2D eigenvalue weighted by Crippen LogP contribution is -2.42. The number of aromatic nitrogens is 2. The van der Waals surface area contributed by atoms with Crippen molar-refractivity contribution in [3.8, 4) is 0 Å². The lowest BCUT2D eigenvalue weighted by atomic mass is 9.90. The largest absolute Gasteiger partial charge is 0.353 e. The first-order valence-corrected chi connectivity index (χ1v) is 8.59. The van der Waals surface area contributed by atoms with Gasteiger partial charge in [-0.3, -0.25) is 0 Å². The zero-order valence-electron chi connectivity index (χ0n) is 12.2. The molecule has 0 unspecified atom stereocenters. The fourth-order valence-corrected chi connectivity index (χ4v) is 3.44. The predicted octanol–water partition coefficient (Wildman–Crippen LogP) is 3.73. The highest BCUT2D eigenvalue weighted by molar-refractivity contribution is 6.17. The Morgan fingerprint density at radius 3 is 2.70 bits per heavy atom. The van der Waals surface area contributed by atoms with E-state index in [1.54, 1.807) is 6.33 Å². The van der Waals surface area contributed by atoms with Crippen molar-refractivity contribution < 1.29 is 0 Å². The Balaban J connectivity index is 1.89. The van der Waals surface area contributed by atoms with E-state index in [1.807, 2.05) is 0 Å². The smallest absolute Gasteiger partial charge is 0.135 e. The van der Waals surface area contributed by atoms with Gasteiger partial charge in [-0.2, -0.15) is 0 Å². The molecule has 4 heteroatoms. The minimum atomic E-state index is 0.681. The Labute approximate surface area is 126 Å². The van der Waals surface area contributed by atoms with Crippen molar-refractivity contribution in [2.45, 2.75) is 63.8 Å². The average molecular weight is 294 g/mol. The average Bonchev–Trinajstić information content (AvgIpc) is 2.66. The van der Waals surface area contributed by atoms with Gasteiger partial charge in [0.15, 0.2) is 0 Å². The fourth-order valence-electron chi connectivity index (χ4n) is 3.32. The van der Waals surface area contributed by atoms with Crippen LogP contribution in [0.5, 0.6) is 0 Å². The topological polar surface area (TPSA) is 29.0 Å². The molecule has 2 aliphatic carbocycles. The maximum atomic E-state index is 5.91. The van der Waals surface area contributed by atoms with Gasteiger partial charge in [-0.15, -0.1) is 11.6 Å². The molecule has 0 N–H and O–H groups in total. The van der Waals surface area contributed by atoms with Crippen LogP contribution in [0.4, 0.5) is 5.82 Å². The molecule has 0 aromatic carbocycles. The summed E-state index contributed by atoms with van der Waals surface area (Å²) in [5.74, 6) is 1.95. The number of hydrogen-bond donors (Lipinski definition) is 0. The van der Waals surface area contributed by atoms with Gasteiger partial charge in [0.2, 0.25) is 0 Å². The quantitative estimate of drug-likeness (QED) is 0.612. The van der Waals surface area contributed by atoms with Crippen LogP contribution in [0.3, 0.4) is 0 Å². The van der Waals surface area contributed by atoms with Crippen LogP contribution in [0.15, 0.2) is 6.33 Å². The third-order valence-corrected chi connectivity index (χ3v) is 4.94. The molecule has 20 heavy (non-hydrogen) atoms.